The van der Waals surface area contributed by atoms with Crippen molar-refractivity contribution in [3.8, 4) is 11.5 Å². The predicted octanol–water partition coefficient (Wildman–Crippen LogP) is 9.40. The summed E-state index contributed by atoms with van der Waals surface area (Å²) in [5, 5.41) is 0.332. The topological polar surface area (TPSA) is 27.7 Å². The summed E-state index contributed by atoms with van der Waals surface area (Å²) in [4.78, 5) is 0. The molecule has 2 rings (SSSR count). The number of halogens is 1. The third-order valence-electron chi connectivity index (χ3n) is 8.21. The number of rotatable bonds is 7. The third kappa shape index (κ3) is 6.11. The number of ether oxygens (including phenoxy) is 1. The monoisotopic (exact) mass is 566 g/mol. The molecule has 6 heteroatoms. The standard InChI is InChI=1S/C28H47BrO3Si2/c1-20(19-30-33(10,11)26(3,4)5)15-14-18-28(9)21(2)31-25-22(29)16-17-23(24(25)28)32-34(12,13)27(6,7)8/h14-18,21H,19H2,1-13H3/b18-14+,20-15+/t21-,28+/m0/s1. The minimum absolute atomic E-state index is 0.00333. The van der Waals surface area contributed by atoms with Crippen molar-refractivity contribution in [2.45, 2.75) is 110 Å². The van der Waals surface area contributed by atoms with Crippen LogP contribution in [0.25, 0.3) is 0 Å². The van der Waals surface area contributed by atoms with Crippen molar-refractivity contribution in [2.24, 2.45) is 0 Å². The zero-order chi connectivity index (χ0) is 26.3. The fourth-order valence-electron chi connectivity index (χ4n) is 3.37. The molecule has 0 radical (unpaired) electrons. The Morgan fingerprint density at radius 1 is 1.06 bits per heavy atom. The van der Waals surface area contributed by atoms with Crippen molar-refractivity contribution < 1.29 is 13.6 Å². The van der Waals surface area contributed by atoms with Gasteiger partial charge in [-0.2, -0.15) is 0 Å². The van der Waals surface area contributed by atoms with Crippen LogP contribution in [0.5, 0.6) is 11.5 Å². The average molecular weight is 568 g/mol. The molecule has 0 bridgehead atoms. The van der Waals surface area contributed by atoms with E-state index in [1.165, 1.54) is 5.57 Å². The van der Waals surface area contributed by atoms with E-state index in [4.69, 9.17) is 13.6 Å². The lowest BCUT2D eigenvalue weighted by Gasteiger charge is -2.38. The Kier molecular flexibility index (Phi) is 8.57. The van der Waals surface area contributed by atoms with Crippen LogP contribution in [0.1, 0.15) is 67.9 Å². The first kappa shape index (κ1) is 29.4. The second kappa shape index (κ2) is 9.91. The molecule has 0 fully saturated rings. The molecule has 1 aromatic carbocycles. The van der Waals surface area contributed by atoms with Crippen LogP contribution in [0.2, 0.25) is 36.3 Å². The molecule has 0 amide bonds. The predicted molar refractivity (Wildman–Crippen MR) is 155 cm³/mol. The lowest BCUT2D eigenvalue weighted by Crippen LogP contribution is -2.44. The van der Waals surface area contributed by atoms with Crippen molar-refractivity contribution in [1.82, 2.24) is 0 Å². The molecule has 0 saturated carbocycles. The molecule has 3 nitrogen and oxygen atoms in total. The van der Waals surface area contributed by atoms with Gasteiger partial charge in [0.25, 0.3) is 0 Å². The molecule has 1 aliphatic heterocycles. The highest BCUT2D eigenvalue weighted by molar-refractivity contribution is 9.10. The van der Waals surface area contributed by atoms with Crippen LogP contribution >= 0.6 is 15.9 Å². The quantitative estimate of drug-likeness (QED) is 0.243. The summed E-state index contributed by atoms with van der Waals surface area (Å²) in [6.07, 6.45) is 6.60. The number of hydrogen-bond donors (Lipinski definition) is 0. The van der Waals surface area contributed by atoms with Crippen molar-refractivity contribution in [1.29, 1.82) is 0 Å². The molecule has 2 atom stereocenters. The van der Waals surface area contributed by atoms with Crippen LogP contribution in [0.15, 0.2) is 40.4 Å². The van der Waals surface area contributed by atoms with E-state index >= 15 is 0 Å². The van der Waals surface area contributed by atoms with Crippen LogP contribution in [-0.4, -0.2) is 29.3 Å². The largest absolute Gasteiger partial charge is 0.543 e. The van der Waals surface area contributed by atoms with Gasteiger partial charge >= 0.3 is 0 Å². The van der Waals surface area contributed by atoms with Crippen molar-refractivity contribution in [2.75, 3.05) is 6.61 Å². The zero-order valence-corrected chi connectivity index (χ0v) is 27.4. The van der Waals surface area contributed by atoms with Gasteiger partial charge in [0.1, 0.15) is 17.6 Å². The van der Waals surface area contributed by atoms with Crippen LogP contribution in [0.3, 0.4) is 0 Å². The molecule has 192 valence electrons. The van der Waals surface area contributed by atoms with Crippen molar-refractivity contribution in [3.05, 3.63) is 46.0 Å². The first-order valence-corrected chi connectivity index (χ1v) is 19.0. The molecule has 1 aromatic rings. The van der Waals surface area contributed by atoms with Crippen molar-refractivity contribution in [3.63, 3.8) is 0 Å². The molecular formula is C28H47BrO3Si2. The molecule has 0 aliphatic carbocycles. The Balaban J connectivity index is 2.36. The third-order valence-corrected chi connectivity index (χ3v) is 17.7. The molecule has 34 heavy (non-hydrogen) atoms. The molecule has 0 N–H and O–H groups in total. The number of allylic oxidation sites excluding steroid dienone is 2. The van der Waals surface area contributed by atoms with E-state index < -0.39 is 16.6 Å². The van der Waals surface area contributed by atoms with E-state index in [0.717, 1.165) is 21.5 Å². The van der Waals surface area contributed by atoms with Gasteiger partial charge in [0.15, 0.2) is 8.32 Å². The van der Waals surface area contributed by atoms with E-state index in [9.17, 15) is 0 Å². The molecule has 0 unspecified atom stereocenters. The van der Waals surface area contributed by atoms with Gasteiger partial charge in [-0.1, -0.05) is 59.8 Å². The highest BCUT2D eigenvalue weighted by Crippen LogP contribution is 2.53. The molecule has 0 spiro atoms. The van der Waals surface area contributed by atoms with E-state index in [1.54, 1.807) is 0 Å². The van der Waals surface area contributed by atoms with Crippen LogP contribution in [-0.2, 0) is 9.84 Å². The summed E-state index contributed by atoms with van der Waals surface area (Å²) < 4.78 is 20.6. The normalized spacial score (nSPS) is 22.2. The van der Waals surface area contributed by atoms with Gasteiger partial charge in [-0.25, -0.2) is 0 Å². The maximum absolute atomic E-state index is 6.82. The second-order valence-corrected chi connectivity index (χ2v) is 23.5. The molecule has 0 saturated heterocycles. The Hall–Kier alpha value is -0.826. The van der Waals surface area contributed by atoms with E-state index in [1.807, 2.05) is 6.07 Å². The van der Waals surface area contributed by atoms with E-state index in [2.05, 4.69) is 129 Å². The highest BCUT2D eigenvalue weighted by Gasteiger charge is 2.46. The SMILES string of the molecule is C/C(=C\C=C\[C@@]1(C)c2c(O[Si](C)(C)C(C)(C)C)ccc(Br)c2O[C@H]1C)CO[Si](C)(C)C(C)(C)C. The van der Waals surface area contributed by atoms with Gasteiger partial charge in [0, 0.05) is 5.56 Å². The molecule has 0 aromatic heterocycles. The fraction of sp³-hybridized carbons (Fsp3) is 0.643. The zero-order valence-electron chi connectivity index (χ0n) is 23.8. The number of hydrogen-bond acceptors (Lipinski definition) is 3. The first-order valence-electron chi connectivity index (χ1n) is 12.4. The minimum Gasteiger partial charge on any atom is -0.543 e. The summed E-state index contributed by atoms with van der Waals surface area (Å²) in [6.45, 7) is 30.0. The average Bonchev–Trinajstić information content (AvgIpc) is 2.93. The Bertz CT molecular complexity index is 952. The van der Waals surface area contributed by atoms with E-state index in [-0.39, 0.29) is 21.6 Å². The van der Waals surface area contributed by atoms with Crippen LogP contribution in [0.4, 0.5) is 0 Å². The van der Waals surface area contributed by atoms with Gasteiger partial charge in [-0.05, 0) is 90.7 Å². The molecule has 1 aliphatic rings. The Labute approximate surface area is 219 Å². The summed E-state index contributed by atoms with van der Waals surface area (Å²) in [5.74, 6) is 1.85. The lowest BCUT2D eigenvalue weighted by atomic mass is 9.78. The van der Waals surface area contributed by atoms with Crippen LogP contribution in [0, 0.1) is 0 Å². The second-order valence-electron chi connectivity index (χ2n) is 13.1. The van der Waals surface area contributed by atoms with Gasteiger partial charge < -0.3 is 13.6 Å². The summed E-state index contributed by atoms with van der Waals surface area (Å²) in [7, 11) is -3.76. The highest BCUT2D eigenvalue weighted by atomic mass is 79.9. The van der Waals surface area contributed by atoms with Gasteiger partial charge in [-0.3, -0.25) is 0 Å². The molecule has 1 heterocycles. The maximum atomic E-state index is 6.82. The summed E-state index contributed by atoms with van der Waals surface area (Å²) in [5.41, 5.74) is 2.07. The lowest BCUT2D eigenvalue weighted by molar-refractivity contribution is 0.199. The van der Waals surface area contributed by atoms with Gasteiger partial charge in [0.2, 0.25) is 8.32 Å². The first-order chi connectivity index (χ1) is 15.2. The van der Waals surface area contributed by atoms with Gasteiger partial charge in [-0.15, -0.1) is 0 Å². The van der Waals surface area contributed by atoms with Crippen LogP contribution < -0.4 is 9.16 Å². The van der Waals surface area contributed by atoms with Gasteiger partial charge in [0.05, 0.1) is 16.5 Å². The van der Waals surface area contributed by atoms with Crippen molar-refractivity contribution >= 4 is 32.6 Å². The van der Waals surface area contributed by atoms with E-state index in [0.29, 0.717) is 6.61 Å². The Morgan fingerprint density at radius 3 is 2.15 bits per heavy atom. The maximum Gasteiger partial charge on any atom is 0.250 e. The Morgan fingerprint density at radius 2 is 1.62 bits per heavy atom. The summed E-state index contributed by atoms with van der Waals surface area (Å²) in [6, 6.07) is 4.15. The smallest absolute Gasteiger partial charge is 0.250 e. The summed E-state index contributed by atoms with van der Waals surface area (Å²) >= 11 is 3.71. The number of fused-ring (bicyclic) bond motifs is 1. The molecular weight excluding hydrogens is 520 g/mol. The minimum atomic E-state index is -2.00. The fourth-order valence-corrected chi connectivity index (χ4v) is 5.84. The number of benzene rings is 1.